The van der Waals surface area contributed by atoms with Crippen LogP contribution in [0.1, 0.15) is 101 Å². The normalized spacial score (nSPS) is 15.1. The summed E-state index contributed by atoms with van der Waals surface area (Å²) < 4.78 is 13.6. The molecule has 6 aromatic rings. The van der Waals surface area contributed by atoms with Gasteiger partial charge in [-0.2, -0.15) is 0 Å². The van der Waals surface area contributed by atoms with Gasteiger partial charge in [-0.1, -0.05) is 47.5 Å². The molecule has 16 nitrogen and oxygen atoms in total. The Kier molecular flexibility index (Phi) is 11.5. The van der Waals surface area contributed by atoms with Crippen LogP contribution in [0.25, 0.3) is 10.0 Å². The maximum absolute atomic E-state index is 14.0. The fraction of sp³-hybridized carbons (Fsp3) is 0.250. The SMILES string of the molecule is COC(=O)CC1N=C(c2ccc(Cl)cc2)c2c(sc(C(=O)N[B]NC(=O)c3sc4c(c3C)C(c3ccc(Cl)cc3)=NC(CC(=O)OC)c3nnc(C)n3-4)c2C)-n2c(C)nnc21. The van der Waals surface area contributed by atoms with E-state index in [1.165, 1.54) is 44.4 Å². The Labute approximate surface area is 367 Å². The molecule has 2 aliphatic rings. The average Bonchev–Trinajstić information content (AvgIpc) is 3.96. The summed E-state index contributed by atoms with van der Waals surface area (Å²) in [6, 6.07) is 12.8. The van der Waals surface area contributed by atoms with Crippen molar-refractivity contribution in [2.75, 3.05) is 14.2 Å². The number of hydrogen-bond acceptors (Lipinski definition) is 14. The van der Waals surface area contributed by atoms with Crippen LogP contribution in [0.15, 0.2) is 58.5 Å². The van der Waals surface area contributed by atoms with E-state index in [-0.39, 0.29) is 12.8 Å². The van der Waals surface area contributed by atoms with E-state index >= 15 is 0 Å². The van der Waals surface area contributed by atoms with Crippen molar-refractivity contribution in [3.05, 3.63) is 125 Å². The number of aromatic nitrogens is 6. The predicted molar refractivity (Wildman–Crippen MR) is 231 cm³/mol. The van der Waals surface area contributed by atoms with Gasteiger partial charge in [0.2, 0.25) is 0 Å². The van der Waals surface area contributed by atoms with E-state index < -0.39 is 35.8 Å². The van der Waals surface area contributed by atoms with Gasteiger partial charge in [0.1, 0.15) is 33.7 Å². The predicted octanol–water partition coefficient (Wildman–Crippen LogP) is 6.12. The summed E-state index contributed by atoms with van der Waals surface area (Å²) in [4.78, 5) is 63.9. The number of fused-ring (bicyclic) bond motifs is 6. The summed E-state index contributed by atoms with van der Waals surface area (Å²) >= 11 is 14.9. The second kappa shape index (κ2) is 16.8. The van der Waals surface area contributed by atoms with Gasteiger partial charge < -0.3 is 19.9 Å². The fourth-order valence-electron chi connectivity index (χ4n) is 7.26. The van der Waals surface area contributed by atoms with Gasteiger partial charge in [-0.3, -0.25) is 38.3 Å². The van der Waals surface area contributed by atoms with Crippen LogP contribution in [-0.4, -0.2) is 86.5 Å². The third-order valence-corrected chi connectivity index (χ3v) is 13.3. The monoisotopic (exact) mass is 895 g/mol. The van der Waals surface area contributed by atoms with Crippen LogP contribution in [0, 0.1) is 27.7 Å². The van der Waals surface area contributed by atoms with Gasteiger partial charge in [0.25, 0.3) is 11.8 Å². The highest BCUT2D eigenvalue weighted by atomic mass is 35.5. The van der Waals surface area contributed by atoms with Crippen molar-refractivity contribution in [1.82, 2.24) is 40.0 Å². The quantitative estimate of drug-likeness (QED) is 0.120. The van der Waals surface area contributed by atoms with Crippen molar-refractivity contribution in [1.29, 1.82) is 0 Å². The number of carbonyl (C=O) groups is 4. The zero-order valence-corrected chi connectivity index (χ0v) is 36.5. The molecule has 61 heavy (non-hydrogen) atoms. The van der Waals surface area contributed by atoms with Crippen LogP contribution in [0.2, 0.25) is 10.0 Å². The number of benzene rings is 2. The zero-order valence-electron chi connectivity index (χ0n) is 33.4. The van der Waals surface area contributed by atoms with Crippen LogP contribution in [0.5, 0.6) is 0 Å². The number of halogens is 2. The highest BCUT2D eigenvalue weighted by Crippen LogP contribution is 2.42. The minimum atomic E-state index is -0.731. The molecule has 0 saturated heterocycles. The Bertz CT molecular complexity index is 2640. The summed E-state index contributed by atoms with van der Waals surface area (Å²) in [5.74, 6) is -0.00225. The third-order valence-electron chi connectivity index (χ3n) is 10.2. The zero-order chi connectivity index (χ0) is 43.3. The molecule has 8 rings (SSSR count). The van der Waals surface area contributed by atoms with Crippen molar-refractivity contribution in [3.63, 3.8) is 0 Å². The van der Waals surface area contributed by atoms with Crippen molar-refractivity contribution in [2.24, 2.45) is 9.98 Å². The van der Waals surface area contributed by atoms with Crippen molar-refractivity contribution >= 4 is 88.6 Å². The Morgan fingerprint density at radius 3 is 1.38 bits per heavy atom. The molecule has 309 valence electrons. The van der Waals surface area contributed by atoms with Gasteiger partial charge >= 0.3 is 19.5 Å². The molecular formula is C40H34BCl2N10O6S2. The molecule has 4 aromatic heterocycles. The van der Waals surface area contributed by atoms with Crippen LogP contribution in [-0.2, 0) is 19.1 Å². The number of aliphatic imine (C=N–C) groups is 2. The van der Waals surface area contributed by atoms with E-state index in [4.69, 9.17) is 42.7 Å². The number of nitrogens with zero attached hydrogens (tertiary/aromatic N) is 8. The summed E-state index contributed by atoms with van der Waals surface area (Å²) in [6.07, 6.45) is -0.168. The Balaban J connectivity index is 1.10. The summed E-state index contributed by atoms with van der Waals surface area (Å²) in [6.45, 7) is 7.19. The number of amides is 2. The second-order valence-corrected chi connectivity index (χ2v) is 16.9. The molecule has 2 amide bonds. The van der Waals surface area contributed by atoms with Gasteiger partial charge in [0, 0.05) is 32.3 Å². The topological polar surface area (TPSA) is 197 Å². The van der Waals surface area contributed by atoms with E-state index in [9.17, 15) is 19.2 Å². The van der Waals surface area contributed by atoms with E-state index in [0.29, 0.717) is 97.9 Å². The highest BCUT2D eigenvalue weighted by molar-refractivity contribution is 7.17. The lowest BCUT2D eigenvalue weighted by molar-refractivity contribution is -0.142. The molecule has 2 atom stereocenters. The summed E-state index contributed by atoms with van der Waals surface area (Å²) in [5, 5.41) is 25.2. The highest BCUT2D eigenvalue weighted by Gasteiger charge is 2.36. The van der Waals surface area contributed by atoms with E-state index in [1.54, 1.807) is 47.2 Å². The molecule has 21 heteroatoms. The van der Waals surface area contributed by atoms with Crippen molar-refractivity contribution < 1.29 is 28.7 Å². The number of rotatable bonds is 10. The van der Waals surface area contributed by atoms with Gasteiger partial charge in [-0.05, 0) is 63.1 Å². The molecule has 2 unspecified atom stereocenters. The van der Waals surface area contributed by atoms with Crippen molar-refractivity contribution in [2.45, 2.75) is 52.6 Å². The van der Waals surface area contributed by atoms with Crippen molar-refractivity contribution in [3.8, 4) is 10.0 Å². The number of aryl methyl sites for hydroxylation is 2. The van der Waals surface area contributed by atoms with E-state index in [1.807, 2.05) is 38.1 Å². The fourth-order valence-corrected chi connectivity index (χ4v) is 10.0. The minimum Gasteiger partial charge on any atom is -0.469 e. The van der Waals surface area contributed by atoms with Crippen LogP contribution in [0.3, 0.4) is 0 Å². The molecule has 6 heterocycles. The molecule has 2 N–H and O–H groups in total. The first-order chi connectivity index (χ1) is 29.3. The first kappa shape index (κ1) is 41.7. The molecule has 0 saturated carbocycles. The van der Waals surface area contributed by atoms with Gasteiger partial charge in [-0.15, -0.1) is 43.1 Å². The second-order valence-electron chi connectivity index (χ2n) is 14.0. The number of esters is 2. The Hall–Kier alpha value is -6.02. The Morgan fingerprint density at radius 1 is 0.639 bits per heavy atom. The standard InChI is InChI=1S/C40H34BCl2N10O6S2/c1-17-29-31(21-7-11-23(42)12-8-21)44-25(15-27(54)58-5)35-50-48-19(3)52(35)39(29)60-33(17)37(56)46-41-47-38(57)34-18(2)30-32(22-9-13-24(43)14-10-22)45-26(16-28(55)59-6)36-51-49-20(4)53(36)40(30)61-34/h7-14,25-26H,15-16H2,1-6H3,(H,46,56)(H,47,57). The number of carbonyl (C=O) groups excluding carboxylic acids is 4. The van der Waals surface area contributed by atoms with Gasteiger partial charge in [0.05, 0.1) is 48.2 Å². The van der Waals surface area contributed by atoms with Crippen LogP contribution >= 0.6 is 45.9 Å². The lowest BCUT2D eigenvalue weighted by Crippen LogP contribution is -2.40. The number of hydrogen-bond donors (Lipinski definition) is 2. The Morgan fingerprint density at radius 2 is 1.02 bits per heavy atom. The number of methoxy groups -OCH3 is 2. The third kappa shape index (κ3) is 7.66. The maximum Gasteiger partial charge on any atom is 0.390 e. The molecule has 0 aliphatic carbocycles. The first-order valence-electron chi connectivity index (χ1n) is 18.7. The average molecular weight is 897 g/mol. The van der Waals surface area contributed by atoms with Crippen LogP contribution < -0.4 is 10.5 Å². The summed E-state index contributed by atoms with van der Waals surface area (Å²) in [7, 11) is 3.82. The number of ether oxygens (including phenoxy) is 2. The lowest BCUT2D eigenvalue weighted by atomic mass is 9.98. The van der Waals surface area contributed by atoms with Gasteiger partial charge in [-0.25, -0.2) is 0 Å². The molecule has 0 spiro atoms. The lowest BCUT2D eigenvalue weighted by Gasteiger charge is -2.12. The minimum absolute atomic E-state index is 0.0838. The number of nitrogens with one attached hydrogen (secondary N) is 2. The number of thiophene rings is 2. The molecular weight excluding hydrogens is 862 g/mol. The molecule has 2 aromatic carbocycles. The molecule has 0 bridgehead atoms. The van der Waals surface area contributed by atoms with Crippen LogP contribution in [0.4, 0.5) is 0 Å². The molecule has 0 fully saturated rings. The van der Waals surface area contributed by atoms with Gasteiger partial charge in [0.15, 0.2) is 11.6 Å². The first-order valence-corrected chi connectivity index (χ1v) is 21.0. The van der Waals surface area contributed by atoms with E-state index in [2.05, 4.69) is 30.9 Å². The van der Waals surface area contributed by atoms with E-state index in [0.717, 1.165) is 0 Å². The maximum atomic E-state index is 14.0. The smallest absolute Gasteiger partial charge is 0.390 e. The largest absolute Gasteiger partial charge is 0.469 e. The molecule has 2 aliphatic heterocycles. The molecule has 1 radical (unpaired) electrons. The summed E-state index contributed by atoms with van der Waals surface area (Å²) in [5.41, 5.74) is 5.04.